The third-order valence-electron chi connectivity index (χ3n) is 17.9. The first kappa shape index (κ1) is 47.0. The zero-order chi connectivity index (χ0) is 55.9. The predicted octanol–water partition coefficient (Wildman–Crippen LogP) is 20.4. The summed E-state index contributed by atoms with van der Waals surface area (Å²) in [5.41, 5.74) is 19.6. The maximum atomic E-state index is 13.2. The second-order valence-corrected chi connectivity index (χ2v) is 22.2. The van der Waals surface area contributed by atoms with E-state index in [9.17, 15) is 5.26 Å². The van der Waals surface area contributed by atoms with E-state index < -0.39 is 0 Å². The van der Waals surface area contributed by atoms with Gasteiger partial charge in [-0.2, -0.15) is 5.26 Å². The second-order valence-electron chi connectivity index (χ2n) is 22.2. The number of benzene rings is 13. The molecule has 0 aliphatic heterocycles. The van der Waals surface area contributed by atoms with Gasteiger partial charge >= 0.3 is 0 Å². The van der Waals surface area contributed by atoms with E-state index in [1.165, 1.54) is 0 Å². The normalized spacial score (nSPS) is 12.0. The van der Waals surface area contributed by atoms with E-state index in [0.717, 1.165) is 160 Å². The maximum Gasteiger partial charge on any atom is 0.104 e. The molecule has 0 fully saturated rings. The molecule has 0 unspecified atom stereocenters. The van der Waals surface area contributed by atoms with Crippen molar-refractivity contribution in [2.75, 3.05) is 0 Å². The molecule has 0 saturated heterocycles. The van der Waals surface area contributed by atoms with Crippen LogP contribution in [0.3, 0.4) is 0 Å². The third-order valence-corrected chi connectivity index (χ3v) is 17.9. The molecule has 5 aromatic heterocycles. The monoisotopic (exact) mass is 1080 g/mol. The molecule has 0 atom stereocenters. The standard InChI is InChI=1S/C79H48N6/c80-49-62-77(84-65-41-21-15-35-56(65)58-45-47-69-73(75(58)84)60-37-17-23-43-67(60)81(69)52-29-9-3-10-30-52)71(50-25-5-1-6-26-50)79(83-63-39-19-13-33-54(63)55-34-14-20-40-64(55)83)72(51-27-7-2-8-28-51)78(62)85-66-42-22-16-36-57(66)59-46-48-70-74(76(59)85)61-38-18-24-44-68(61)82(70)53-31-11-4-12-32-53/h1-48H. The van der Waals surface area contributed by atoms with Gasteiger partial charge in [0, 0.05) is 76.4 Å². The zero-order valence-electron chi connectivity index (χ0n) is 45.9. The van der Waals surface area contributed by atoms with Gasteiger partial charge in [0.25, 0.3) is 0 Å². The van der Waals surface area contributed by atoms with Crippen molar-refractivity contribution in [3.05, 3.63) is 297 Å². The van der Waals surface area contributed by atoms with E-state index in [1.54, 1.807) is 0 Å². The average molecular weight is 1080 g/mol. The van der Waals surface area contributed by atoms with E-state index in [0.29, 0.717) is 5.56 Å². The summed E-state index contributed by atoms with van der Waals surface area (Å²) in [7, 11) is 0. The summed E-state index contributed by atoms with van der Waals surface area (Å²) >= 11 is 0. The van der Waals surface area contributed by atoms with Crippen LogP contribution in [0.4, 0.5) is 0 Å². The first-order valence-electron chi connectivity index (χ1n) is 29.0. The Balaban J connectivity index is 1.16. The molecule has 18 aromatic rings. The number of rotatable bonds is 7. The zero-order valence-corrected chi connectivity index (χ0v) is 45.9. The number of para-hydroxylation sites is 8. The minimum absolute atomic E-state index is 0.542. The van der Waals surface area contributed by atoms with E-state index in [1.807, 2.05) is 0 Å². The van der Waals surface area contributed by atoms with Crippen LogP contribution in [-0.4, -0.2) is 22.8 Å². The molecule has 18 rings (SSSR count). The largest absolute Gasteiger partial charge is 0.309 e. The lowest BCUT2D eigenvalue weighted by molar-refractivity contribution is 1.09. The smallest absolute Gasteiger partial charge is 0.104 e. The Labute approximate surface area is 488 Å². The van der Waals surface area contributed by atoms with Crippen LogP contribution in [0.1, 0.15) is 5.56 Å². The Morgan fingerprint density at radius 1 is 0.224 bits per heavy atom. The van der Waals surface area contributed by atoms with Gasteiger partial charge in [-0.05, 0) is 83.9 Å². The molecule has 6 nitrogen and oxygen atoms in total. The summed E-state index contributed by atoms with van der Waals surface area (Å²) in [4.78, 5) is 0. The quantitative estimate of drug-likeness (QED) is 0.157. The molecule has 13 aromatic carbocycles. The highest BCUT2D eigenvalue weighted by Gasteiger charge is 2.35. The minimum atomic E-state index is 0.542. The summed E-state index contributed by atoms with van der Waals surface area (Å²) in [5.74, 6) is 0. The topological polar surface area (TPSA) is 48.4 Å². The molecule has 0 aliphatic rings. The third kappa shape index (κ3) is 6.52. The number of aromatic nitrogens is 5. The Morgan fingerprint density at radius 2 is 0.518 bits per heavy atom. The van der Waals surface area contributed by atoms with Crippen LogP contribution in [0.2, 0.25) is 0 Å². The van der Waals surface area contributed by atoms with Crippen molar-refractivity contribution in [1.82, 2.24) is 22.8 Å². The van der Waals surface area contributed by atoms with Gasteiger partial charge in [-0.3, -0.25) is 0 Å². The predicted molar refractivity (Wildman–Crippen MR) is 354 cm³/mol. The fourth-order valence-electron chi connectivity index (χ4n) is 14.6. The Kier molecular flexibility index (Phi) is 10.1. The highest BCUT2D eigenvalue weighted by molar-refractivity contribution is 6.29. The lowest BCUT2D eigenvalue weighted by Gasteiger charge is -2.29. The first-order valence-corrected chi connectivity index (χ1v) is 29.0. The molecule has 0 spiro atoms. The molecule has 85 heavy (non-hydrogen) atoms. The molecular formula is C79H48N6. The molecule has 5 heterocycles. The van der Waals surface area contributed by atoms with Crippen LogP contribution in [-0.2, 0) is 0 Å². The van der Waals surface area contributed by atoms with Crippen LogP contribution in [0.15, 0.2) is 291 Å². The molecule has 0 amide bonds. The Bertz CT molecular complexity index is 5480. The van der Waals surface area contributed by atoms with Gasteiger partial charge in [-0.15, -0.1) is 0 Å². The van der Waals surface area contributed by atoms with Gasteiger partial charge in [-0.1, -0.05) is 218 Å². The van der Waals surface area contributed by atoms with Gasteiger partial charge in [0.1, 0.15) is 11.6 Å². The summed E-state index contributed by atoms with van der Waals surface area (Å²) in [6.07, 6.45) is 0. The van der Waals surface area contributed by atoms with Crippen molar-refractivity contribution in [1.29, 1.82) is 5.26 Å². The highest BCUT2D eigenvalue weighted by Crippen LogP contribution is 2.54. The molecule has 0 bridgehead atoms. The maximum absolute atomic E-state index is 13.2. The van der Waals surface area contributed by atoms with Crippen molar-refractivity contribution >= 4 is 109 Å². The molecule has 0 saturated carbocycles. The fourth-order valence-corrected chi connectivity index (χ4v) is 14.6. The van der Waals surface area contributed by atoms with Crippen molar-refractivity contribution in [3.8, 4) is 56.8 Å². The number of nitrogens with zero attached hydrogens (tertiary/aromatic N) is 6. The van der Waals surface area contributed by atoms with E-state index in [4.69, 9.17) is 0 Å². The molecule has 0 aliphatic carbocycles. The van der Waals surface area contributed by atoms with Gasteiger partial charge in [0.05, 0.1) is 72.2 Å². The molecule has 6 heteroatoms. The van der Waals surface area contributed by atoms with Crippen LogP contribution >= 0.6 is 0 Å². The van der Waals surface area contributed by atoms with Crippen molar-refractivity contribution in [2.45, 2.75) is 0 Å². The number of hydrogen-bond donors (Lipinski definition) is 0. The lowest BCUT2D eigenvalue weighted by atomic mass is 9.88. The van der Waals surface area contributed by atoms with Crippen LogP contribution in [0, 0.1) is 11.3 Å². The average Bonchev–Trinajstić information content (AvgIpc) is 1.75. The van der Waals surface area contributed by atoms with E-state index in [2.05, 4.69) is 320 Å². The highest BCUT2D eigenvalue weighted by atomic mass is 15.1. The van der Waals surface area contributed by atoms with Crippen molar-refractivity contribution in [3.63, 3.8) is 0 Å². The molecule has 0 N–H and O–H groups in total. The molecule has 394 valence electrons. The SMILES string of the molecule is N#Cc1c(-n2c3ccccc3c3ccc4c(c5ccccc5n4-c4ccccc4)c32)c(-c2ccccc2)c(-n2c3ccccc3c3ccccc32)c(-c2ccccc2)c1-n1c2ccccc2c2ccc3c(c4ccccc4n3-c3ccccc3)c21. The summed E-state index contributed by atoms with van der Waals surface area (Å²) in [5, 5.41) is 24.3. The summed E-state index contributed by atoms with van der Waals surface area (Å²) in [6, 6.07) is 108. The fraction of sp³-hybridized carbons (Fsp3) is 0. The van der Waals surface area contributed by atoms with Crippen LogP contribution in [0.5, 0.6) is 0 Å². The van der Waals surface area contributed by atoms with Gasteiger partial charge in [-0.25, -0.2) is 0 Å². The lowest BCUT2D eigenvalue weighted by Crippen LogP contribution is -2.13. The summed E-state index contributed by atoms with van der Waals surface area (Å²) in [6.45, 7) is 0. The van der Waals surface area contributed by atoms with Crippen LogP contribution in [0.25, 0.3) is 160 Å². The van der Waals surface area contributed by atoms with E-state index in [-0.39, 0.29) is 0 Å². The Hall–Kier alpha value is -11.7. The number of nitriles is 1. The van der Waals surface area contributed by atoms with Gasteiger partial charge in [0.15, 0.2) is 0 Å². The molecular weight excluding hydrogens is 1030 g/mol. The number of hydrogen-bond acceptors (Lipinski definition) is 1. The summed E-state index contributed by atoms with van der Waals surface area (Å²) < 4.78 is 12.3. The number of fused-ring (bicyclic) bond motifs is 17. The second kappa shape index (κ2) is 18.2. The van der Waals surface area contributed by atoms with E-state index >= 15 is 0 Å². The van der Waals surface area contributed by atoms with Crippen molar-refractivity contribution < 1.29 is 0 Å². The minimum Gasteiger partial charge on any atom is -0.309 e. The first-order chi connectivity index (χ1) is 42.2. The van der Waals surface area contributed by atoms with Crippen molar-refractivity contribution in [2.24, 2.45) is 0 Å². The van der Waals surface area contributed by atoms with Gasteiger partial charge < -0.3 is 22.8 Å². The van der Waals surface area contributed by atoms with Gasteiger partial charge in [0.2, 0.25) is 0 Å². The molecule has 0 radical (unpaired) electrons. The Morgan fingerprint density at radius 3 is 0.882 bits per heavy atom. The van der Waals surface area contributed by atoms with Crippen LogP contribution < -0.4 is 0 Å².